The van der Waals surface area contributed by atoms with Crippen LogP contribution in [0.4, 0.5) is 5.69 Å². The predicted molar refractivity (Wildman–Crippen MR) is 73.3 cm³/mol. The van der Waals surface area contributed by atoms with E-state index in [0.717, 1.165) is 19.3 Å². The number of methoxy groups -OCH3 is 1. The van der Waals surface area contributed by atoms with Crippen molar-refractivity contribution in [1.82, 2.24) is 0 Å². The Kier molecular flexibility index (Phi) is 2.43. The Hall–Kier alpha value is -1.84. The van der Waals surface area contributed by atoms with Gasteiger partial charge in [-0.25, -0.2) is 4.90 Å². The highest BCUT2D eigenvalue weighted by Gasteiger charge is 2.61. The minimum Gasteiger partial charge on any atom is -0.497 e. The van der Waals surface area contributed by atoms with Gasteiger partial charge in [-0.15, -0.1) is 0 Å². The van der Waals surface area contributed by atoms with Crippen molar-refractivity contribution in [1.29, 1.82) is 0 Å². The molecule has 3 fully saturated rings. The van der Waals surface area contributed by atoms with Gasteiger partial charge in [-0.3, -0.25) is 9.59 Å². The molecule has 4 atom stereocenters. The van der Waals surface area contributed by atoms with Gasteiger partial charge in [0.25, 0.3) is 0 Å². The van der Waals surface area contributed by atoms with Crippen LogP contribution in [0.5, 0.6) is 5.75 Å². The summed E-state index contributed by atoms with van der Waals surface area (Å²) in [7, 11) is 1.59. The molecule has 2 saturated carbocycles. The SMILES string of the molecule is COc1cccc(N2C(=O)[C@H]3[C@@H]4CC[C@@H](C4)[C@@H]3C2=O)c1. The Morgan fingerprint density at radius 2 is 1.75 bits per heavy atom. The molecule has 20 heavy (non-hydrogen) atoms. The van der Waals surface area contributed by atoms with E-state index < -0.39 is 0 Å². The summed E-state index contributed by atoms with van der Waals surface area (Å²) in [5, 5.41) is 0. The van der Waals surface area contributed by atoms with E-state index in [4.69, 9.17) is 4.74 Å². The van der Waals surface area contributed by atoms with Gasteiger partial charge in [-0.2, -0.15) is 0 Å². The van der Waals surface area contributed by atoms with Crippen LogP contribution < -0.4 is 9.64 Å². The standard InChI is InChI=1S/C16H17NO3/c1-20-12-4-2-3-11(8-12)17-15(18)13-9-5-6-10(7-9)14(13)16(17)19/h2-4,8-10,13-14H,5-7H2,1H3/t9-,10+,13-,14-/m0/s1. The third-order valence-electron chi connectivity index (χ3n) is 5.24. The zero-order chi connectivity index (χ0) is 13.9. The molecule has 4 rings (SSSR count). The van der Waals surface area contributed by atoms with Gasteiger partial charge in [-0.05, 0) is 43.2 Å². The first-order valence-corrected chi connectivity index (χ1v) is 7.22. The second-order valence-corrected chi connectivity index (χ2v) is 6.10. The molecule has 1 aliphatic heterocycles. The van der Waals surface area contributed by atoms with Crippen molar-refractivity contribution < 1.29 is 14.3 Å². The Bertz CT molecular complexity index is 569. The Morgan fingerprint density at radius 1 is 1.10 bits per heavy atom. The molecule has 1 aromatic carbocycles. The monoisotopic (exact) mass is 271 g/mol. The fourth-order valence-electron chi connectivity index (χ4n) is 4.41. The molecule has 2 amide bonds. The van der Waals surface area contributed by atoms with Crippen molar-refractivity contribution >= 4 is 17.5 Å². The van der Waals surface area contributed by atoms with Crippen LogP contribution in [0.25, 0.3) is 0 Å². The van der Waals surface area contributed by atoms with Crippen LogP contribution >= 0.6 is 0 Å². The second-order valence-electron chi connectivity index (χ2n) is 6.10. The van der Waals surface area contributed by atoms with E-state index in [2.05, 4.69) is 0 Å². The molecule has 2 bridgehead atoms. The van der Waals surface area contributed by atoms with Gasteiger partial charge in [0.05, 0.1) is 24.6 Å². The van der Waals surface area contributed by atoms with Gasteiger partial charge in [0, 0.05) is 6.07 Å². The number of hydrogen-bond acceptors (Lipinski definition) is 3. The predicted octanol–water partition coefficient (Wildman–Crippen LogP) is 2.23. The number of carbonyl (C=O) groups is 2. The van der Waals surface area contributed by atoms with Crippen LogP contribution in [0, 0.1) is 23.7 Å². The summed E-state index contributed by atoms with van der Waals surface area (Å²) in [6.07, 6.45) is 3.28. The summed E-state index contributed by atoms with van der Waals surface area (Å²) >= 11 is 0. The molecule has 104 valence electrons. The molecule has 1 saturated heterocycles. The molecule has 1 heterocycles. The number of hydrogen-bond donors (Lipinski definition) is 0. The summed E-state index contributed by atoms with van der Waals surface area (Å²) in [4.78, 5) is 26.7. The van der Waals surface area contributed by atoms with Crippen molar-refractivity contribution in [3.8, 4) is 5.75 Å². The summed E-state index contributed by atoms with van der Waals surface area (Å²) in [6.45, 7) is 0. The number of nitrogens with zero attached hydrogens (tertiary/aromatic N) is 1. The largest absolute Gasteiger partial charge is 0.497 e. The first-order chi connectivity index (χ1) is 9.70. The van der Waals surface area contributed by atoms with Gasteiger partial charge in [0.15, 0.2) is 0 Å². The number of carbonyl (C=O) groups excluding carboxylic acids is 2. The highest BCUT2D eigenvalue weighted by molar-refractivity contribution is 6.22. The summed E-state index contributed by atoms with van der Waals surface area (Å²) in [5.41, 5.74) is 0.646. The molecule has 3 aliphatic rings. The van der Waals surface area contributed by atoms with Gasteiger partial charge < -0.3 is 4.74 Å². The third kappa shape index (κ3) is 1.42. The zero-order valence-electron chi connectivity index (χ0n) is 11.4. The summed E-state index contributed by atoms with van der Waals surface area (Å²) < 4.78 is 5.18. The first kappa shape index (κ1) is 11.9. The maximum absolute atomic E-state index is 12.7. The van der Waals surface area contributed by atoms with Gasteiger partial charge in [0.1, 0.15) is 5.75 Å². The Morgan fingerprint density at radius 3 is 2.35 bits per heavy atom. The summed E-state index contributed by atoms with van der Waals surface area (Å²) in [6, 6.07) is 7.20. The summed E-state index contributed by atoms with van der Waals surface area (Å²) in [5.74, 6) is 1.40. The van der Waals surface area contributed by atoms with Crippen molar-refractivity contribution in [2.45, 2.75) is 19.3 Å². The van der Waals surface area contributed by atoms with Crippen molar-refractivity contribution in [3.05, 3.63) is 24.3 Å². The number of anilines is 1. The second kappa shape index (κ2) is 4.08. The third-order valence-corrected chi connectivity index (χ3v) is 5.24. The van der Waals surface area contributed by atoms with Gasteiger partial charge in [-0.1, -0.05) is 6.07 Å². The average Bonchev–Trinajstić information content (AvgIpc) is 3.13. The fraction of sp³-hybridized carbons (Fsp3) is 0.500. The smallest absolute Gasteiger partial charge is 0.237 e. The Balaban J connectivity index is 1.73. The maximum Gasteiger partial charge on any atom is 0.237 e. The number of rotatable bonds is 2. The molecule has 4 nitrogen and oxygen atoms in total. The number of amides is 2. The van der Waals surface area contributed by atoms with Crippen LogP contribution in [0.1, 0.15) is 19.3 Å². The highest BCUT2D eigenvalue weighted by Crippen LogP contribution is 2.56. The minimum absolute atomic E-state index is 0.000420. The van der Waals surface area contributed by atoms with Crippen molar-refractivity contribution in [3.63, 3.8) is 0 Å². The lowest BCUT2D eigenvalue weighted by atomic mass is 9.81. The molecule has 0 N–H and O–H groups in total. The molecule has 0 unspecified atom stereocenters. The molecule has 1 aromatic rings. The van der Waals surface area contributed by atoms with Gasteiger partial charge >= 0.3 is 0 Å². The van der Waals surface area contributed by atoms with E-state index in [0.29, 0.717) is 23.3 Å². The molecular formula is C16H17NO3. The normalized spacial score (nSPS) is 34.8. The molecular weight excluding hydrogens is 254 g/mol. The first-order valence-electron chi connectivity index (χ1n) is 7.22. The van der Waals surface area contributed by atoms with Crippen LogP contribution in [0.3, 0.4) is 0 Å². The lowest BCUT2D eigenvalue weighted by molar-refractivity contribution is -0.123. The molecule has 4 heteroatoms. The molecule has 0 aromatic heterocycles. The quantitative estimate of drug-likeness (QED) is 0.775. The topological polar surface area (TPSA) is 46.6 Å². The molecule has 0 radical (unpaired) electrons. The number of fused-ring (bicyclic) bond motifs is 5. The van der Waals surface area contributed by atoms with E-state index in [1.165, 1.54) is 4.90 Å². The minimum atomic E-state index is -0.0625. The van der Waals surface area contributed by atoms with Crippen LogP contribution in [-0.2, 0) is 9.59 Å². The lowest BCUT2D eigenvalue weighted by Crippen LogP contribution is -2.32. The number of benzene rings is 1. The van der Waals surface area contributed by atoms with E-state index in [1.54, 1.807) is 19.2 Å². The lowest BCUT2D eigenvalue weighted by Gasteiger charge is -2.19. The van der Waals surface area contributed by atoms with Crippen LogP contribution in [0.15, 0.2) is 24.3 Å². The fourth-order valence-corrected chi connectivity index (χ4v) is 4.41. The average molecular weight is 271 g/mol. The van der Waals surface area contributed by atoms with E-state index in [9.17, 15) is 9.59 Å². The van der Waals surface area contributed by atoms with Crippen molar-refractivity contribution in [2.75, 3.05) is 12.0 Å². The van der Waals surface area contributed by atoms with Gasteiger partial charge in [0.2, 0.25) is 11.8 Å². The molecule has 2 aliphatic carbocycles. The van der Waals surface area contributed by atoms with Crippen molar-refractivity contribution in [2.24, 2.45) is 23.7 Å². The number of ether oxygens (including phenoxy) is 1. The highest BCUT2D eigenvalue weighted by atomic mass is 16.5. The number of imide groups is 1. The van der Waals surface area contributed by atoms with E-state index >= 15 is 0 Å². The zero-order valence-corrected chi connectivity index (χ0v) is 11.4. The van der Waals surface area contributed by atoms with Crippen LogP contribution in [0.2, 0.25) is 0 Å². The van der Waals surface area contributed by atoms with E-state index in [-0.39, 0.29) is 23.7 Å². The van der Waals surface area contributed by atoms with E-state index in [1.807, 2.05) is 12.1 Å². The van der Waals surface area contributed by atoms with Crippen LogP contribution in [-0.4, -0.2) is 18.9 Å². The maximum atomic E-state index is 12.7. The Labute approximate surface area is 117 Å². The molecule has 0 spiro atoms.